The molecule has 0 fully saturated rings. The molecule has 0 aromatic carbocycles. The van der Waals surface area contributed by atoms with E-state index in [1.165, 1.54) is 0 Å². The number of rotatable bonds is 1. The molecule has 0 spiro atoms. The first kappa shape index (κ1) is 12.2. The zero-order valence-electron chi connectivity index (χ0n) is 8.53. The van der Waals surface area contributed by atoms with Crippen LogP contribution in [0.5, 0.6) is 0 Å². The lowest BCUT2D eigenvalue weighted by atomic mass is 10.6. The monoisotopic (exact) mass is 207 g/mol. The Morgan fingerprint density at radius 3 is 2.31 bits per heavy atom. The van der Waals surface area contributed by atoms with Gasteiger partial charge in [0.05, 0.1) is 12.8 Å². The molecule has 0 aliphatic carbocycles. The molecule has 78 valence electrons. The molecule has 1 aliphatic heterocycles. The Morgan fingerprint density at radius 1 is 1.46 bits per heavy atom. The molecule has 1 aliphatic rings. The van der Waals surface area contributed by atoms with Crippen molar-refractivity contribution in [1.82, 2.24) is 9.62 Å². The van der Waals surface area contributed by atoms with Crippen LogP contribution in [0.15, 0.2) is 4.99 Å². The molecule has 0 aromatic heterocycles. The molecule has 13 heavy (non-hydrogen) atoms. The van der Waals surface area contributed by atoms with Crippen LogP contribution in [0, 0.1) is 0 Å². The van der Waals surface area contributed by atoms with E-state index in [9.17, 15) is 8.42 Å². The number of nitrogens with zero attached hydrogens (tertiary/aromatic N) is 2. The smallest absolute Gasteiger partial charge is 0.232 e. The third-order valence-corrected chi connectivity index (χ3v) is 1.89. The molecule has 0 aromatic rings. The second-order valence-corrected chi connectivity index (χ2v) is 4.25. The fourth-order valence-electron chi connectivity index (χ4n) is 0.809. The van der Waals surface area contributed by atoms with E-state index in [0.717, 1.165) is 12.8 Å². The van der Waals surface area contributed by atoms with Crippen molar-refractivity contribution in [3.05, 3.63) is 0 Å². The molecule has 0 saturated carbocycles. The normalized spacial score (nSPS) is 16.0. The summed E-state index contributed by atoms with van der Waals surface area (Å²) < 4.78 is 23.7. The molecule has 0 bridgehead atoms. The van der Waals surface area contributed by atoms with E-state index >= 15 is 0 Å². The summed E-state index contributed by atoms with van der Waals surface area (Å²) in [6, 6.07) is 0. The predicted octanol–water partition coefficient (Wildman–Crippen LogP) is -0.137. The maximum Gasteiger partial charge on any atom is 0.232 e. The van der Waals surface area contributed by atoms with Crippen LogP contribution in [0.4, 0.5) is 0 Å². The van der Waals surface area contributed by atoms with Crippen LogP contribution in [-0.2, 0) is 10.0 Å². The van der Waals surface area contributed by atoms with Crippen LogP contribution in [-0.4, -0.2) is 45.7 Å². The predicted molar refractivity (Wildman–Crippen MR) is 54.3 cm³/mol. The average molecular weight is 207 g/mol. The number of aliphatic imine (C=N–C) groups is 1. The van der Waals surface area contributed by atoms with E-state index in [1.54, 1.807) is 11.9 Å². The highest BCUT2D eigenvalue weighted by Gasteiger charge is 2.15. The number of hydrogen-bond acceptors (Lipinski definition) is 4. The molecule has 1 N–H and O–H groups in total. The minimum Gasteiger partial charge on any atom is -0.343 e. The largest absolute Gasteiger partial charge is 0.343 e. The minimum atomic E-state index is -3.16. The van der Waals surface area contributed by atoms with Crippen molar-refractivity contribution in [2.45, 2.75) is 13.8 Å². The number of nitrogens with one attached hydrogen (secondary N) is 1. The number of guanidine groups is 1. The third kappa shape index (κ3) is 4.72. The highest BCUT2D eigenvalue weighted by Crippen LogP contribution is 1.95. The van der Waals surface area contributed by atoms with E-state index in [4.69, 9.17) is 0 Å². The van der Waals surface area contributed by atoms with Gasteiger partial charge in [-0.15, -0.1) is 0 Å². The maximum atomic E-state index is 10.7. The van der Waals surface area contributed by atoms with Gasteiger partial charge in [-0.3, -0.25) is 9.71 Å². The highest BCUT2D eigenvalue weighted by atomic mass is 32.2. The Kier molecular flexibility index (Phi) is 4.76. The van der Waals surface area contributed by atoms with Crippen molar-refractivity contribution in [3.63, 3.8) is 0 Å². The SMILES string of the molecule is CC.CN1CCN=C1NS(C)(=O)=O. The van der Waals surface area contributed by atoms with Crippen LogP contribution in [0.2, 0.25) is 0 Å². The van der Waals surface area contributed by atoms with Crippen LogP contribution in [0.1, 0.15) is 13.8 Å². The second-order valence-electron chi connectivity index (χ2n) is 2.50. The fourth-order valence-corrected chi connectivity index (χ4v) is 1.36. The number of hydrogen-bond donors (Lipinski definition) is 1. The Balaban J connectivity index is 0.000000671. The fraction of sp³-hybridized carbons (Fsp3) is 0.857. The molecule has 5 nitrogen and oxygen atoms in total. The zero-order chi connectivity index (χ0) is 10.5. The summed E-state index contributed by atoms with van der Waals surface area (Å²) in [5.41, 5.74) is 0. The number of likely N-dealkylation sites (N-methyl/N-ethyl adjacent to an activating group) is 1. The van der Waals surface area contributed by atoms with Crippen molar-refractivity contribution < 1.29 is 8.42 Å². The highest BCUT2D eigenvalue weighted by molar-refractivity contribution is 7.89. The molecule has 0 radical (unpaired) electrons. The average Bonchev–Trinajstić information content (AvgIpc) is 2.38. The van der Waals surface area contributed by atoms with Gasteiger partial charge >= 0.3 is 0 Å². The van der Waals surface area contributed by atoms with Crippen molar-refractivity contribution in [3.8, 4) is 0 Å². The Hall–Kier alpha value is -0.780. The lowest BCUT2D eigenvalue weighted by Crippen LogP contribution is -2.38. The van der Waals surface area contributed by atoms with Gasteiger partial charge in [-0.1, -0.05) is 13.8 Å². The molecule has 1 rings (SSSR count). The topological polar surface area (TPSA) is 61.8 Å². The lowest BCUT2D eigenvalue weighted by Gasteiger charge is -2.13. The first-order chi connectivity index (χ1) is 5.99. The summed E-state index contributed by atoms with van der Waals surface area (Å²) in [6.07, 6.45) is 1.11. The Morgan fingerprint density at radius 2 is 2.00 bits per heavy atom. The van der Waals surface area contributed by atoms with Gasteiger partial charge in [0, 0.05) is 13.6 Å². The molecule has 1 heterocycles. The molecule has 0 unspecified atom stereocenters. The van der Waals surface area contributed by atoms with Gasteiger partial charge in [0.25, 0.3) is 0 Å². The van der Waals surface area contributed by atoms with Crippen molar-refractivity contribution >= 4 is 16.0 Å². The van der Waals surface area contributed by atoms with Gasteiger partial charge in [0.1, 0.15) is 0 Å². The summed E-state index contributed by atoms with van der Waals surface area (Å²) >= 11 is 0. The second kappa shape index (κ2) is 5.06. The Labute approximate surface area is 79.9 Å². The van der Waals surface area contributed by atoms with Crippen LogP contribution in [0.3, 0.4) is 0 Å². The summed E-state index contributed by atoms with van der Waals surface area (Å²) in [4.78, 5) is 5.72. The summed E-state index contributed by atoms with van der Waals surface area (Å²) in [5, 5.41) is 0. The number of sulfonamides is 1. The molecule has 0 atom stereocenters. The van der Waals surface area contributed by atoms with Crippen LogP contribution >= 0.6 is 0 Å². The van der Waals surface area contributed by atoms with Gasteiger partial charge in [-0.2, -0.15) is 0 Å². The van der Waals surface area contributed by atoms with Gasteiger partial charge in [-0.05, 0) is 0 Å². The van der Waals surface area contributed by atoms with Crippen LogP contribution < -0.4 is 4.72 Å². The van der Waals surface area contributed by atoms with Gasteiger partial charge in [-0.25, -0.2) is 8.42 Å². The van der Waals surface area contributed by atoms with Crippen molar-refractivity contribution in [2.24, 2.45) is 4.99 Å². The zero-order valence-corrected chi connectivity index (χ0v) is 9.35. The van der Waals surface area contributed by atoms with Gasteiger partial charge in [0.2, 0.25) is 16.0 Å². The quantitative estimate of drug-likeness (QED) is 0.651. The van der Waals surface area contributed by atoms with Crippen molar-refractivity contribution in [1.29, 1.82) is 0 Å². The van der Waals surface area contributed by atoms with E-state index in [2.05, 4.69) is 9.71 Å². The van der Waals surface area contributed by atoms with Gasteiger partial charge < -0.3 is 4.90 Å². The van der Waals surface area contributed by atoms with Crippen LogP contribution in [0.25, 0.3) is 0 Å². The first-order valence-corrected chi connectivity index (χ1v) is 6.11. The summed E-state index contributed by atoms with van der Waals surface area (Å²) in [5.74, 6) is 0.438. The summed E-state index contributed by atoms with van der Waals surface area (Å²) in [7, 11) is -1.37. The molecule has 0 saturated heterocycles. The van der Waals surface area contributed by atoms with Crippen molar-refractivity contribution in [2.75, 3.05) is 26.4 Å². The van der Waals surface area contributed by atoms with E-state index in [1.807, 2.05) is 13.8 Å². The van der Waals surface area contributed by atoms with E-state index in [0.29, 0.717) is 12.5 Å². The summed E-state index contributed by atoms with van der Waals surface area (Å²) in [6.45, 7) is 5.44. The maximum absolute atomic E-state index is 10.7. The van der Waals surface area contributed by atoms with E-state index < -0.39 is 10.0 Å². The first-order valence-electron chi connectivity index (χ1n) is 4.22. The molecule has 6 heteroatoms. The molecule has 0 amide bonds. The molecular formula is C7H17N3O2S. The third-order valence-electron chi connectivity index (χ3n) is 1.34. The standard InChI is InChI=1S/C5H11N3O2S.C2H6/c1-8-4-3-6-5(8)7-11(2,9)10;1-2/h3-4H2,1-2H3,(H,6,7);1-2H3. The van der Waals surface area contributed by atoms with E-state index in [-0.39, 0.29) is 0 Å². The minimum absolute atomic E-state index is 0.438. The molecular weight excluding hydrogens is 190 g/mol. The lowest BCUT2D eigenvalue weighted by molar-refractivity contribution is 0.541. The Bertz CT molecular complexity index is 271. The van der Waals surface area contributed by atoms with Gasteiger partial charge in [0.15, 0.2) is 0 Å².